The SMILES string of the molecule is CCNc1cccc(COc2c(C)cc(C#N)cc2C)n1. The number of nitriles is 1. The number of pyridine rings is 1. The van der Waals surface area contributed by atoms with Crippen molar-refractivity contribution in [1.29, 1.82) is 5.26 Å². The lowest BCUT2D eigenvalue weighted by Crippen LogP contribution is -2.04. The summed E-state index contributed by atoms with van der Waals surface area (Å²) >= 11 is 0. The molecule has 4 nitrogen and oxygen atoms in total. The molecular formula is C17H19N3O. The minimum atomic E-state index is 0.410. The first-order valence-corrected chi connectivity index (χ1v) is 6.98. The number of benzene rings is 1. The summed E-state index contributed by atoms with van der Waals surface area (Å²) in [5.74, 6) is 1.68. The maximum absolute atomic E-state index is 8.96. The molecule has 0 amide bonds. The van der Waals surface area contributed by atoms with Crippen molar-refractivity contribution in [2.24, 2.45) is 0 Å². The van der Waals surface area contributed by atoms with Gasteiger partial charge in [0, 0.05) is 6.54 Å². The predicted molar refractivity (Wildman–Crippen MR) is 83.4 cm³/mol. The minimum Gasteiger partial charge on any atom is -0.487 e. The van der Waals surface area contributed by atoms with Crippen molar-refractivity contribution < 1.29 is 4.74 Å². The fraction of sp³-hybridized carbons (Fsp3) is 0.294. The molecule has 0 atom stereocenters. The molecule has 1 aromatic heterocycles. The van der Waals surface area contributed by atoms with Crippen LogP contribution >= 0.6 is 0 Å². The van der Waals surface area contributed by atoms with Gasteiger partial charge in [-0.2, -0.15) is 5.26 Å². The smallest absolute Gasteiger partial charge is 0.130 e. The van der Waals surface area contributed by atoms with Crippen LogP contribution in [0.5, 0.6) is 5.75 Å². The fourth-order valence-electron chi connectivity index (χ4n) is 2.23. The van der Waals surface area contributed by atoms with Gasteiger partial charge in [-0.1, -0.05) is 6.07 Å². The number of hydrogen-bond donors (Lipinski definition) is 1. The van der Waals surface area contributed by atoms with Crippen LogP contribution < -0.4 is 10.1 Å². The van der Waals surface area contributed by atoms with E-state index in [1.165, 1.54) is 0 Å². The van der Waals surface area contributed by atoms with E-state index in [-0.39, 0.29) is 0 Å². The maximum atomic E-state index is 8.96. The Bertz CT molecular complexity index is 651. The molecule has 1 heterocycles. The third-order valence-electron chi connectivity index (χ3n) is 3.12. The van der Waals surface area contributed by atoms with Crippen LogP contribution in [-0.4, -0.2) is 11.5 Å². The van der Waals surface area contributed by atoms with Gasteiger partial charge in [-0.15, -0.1) is 0 Å². The van der Waals surface area contributed by atoms with Crippen molar-refractivity contribution in [2.45, 2.75) is 27.4 Å². The number of rotatable bonds is 5. The van der Waals surface area contributed by atoms with Crippen LogP contribution in [0.15, 0.2) is 30.3 Å². The molecule has 0 aliphatic rings. The second kappa shape index (κ2) is 6.76. The Kier molecular flexibility index (Phi) is 4.78. The fourth-order valence-corrected chi connectivity index (χ4v) is 2.23. The van der Waals surface area contributed by atoms with Crippen LogP contribution in [0.4, 0.5) is 5.82 Å². The Morgan fingerprint density at radius 2 is 1.95 bits per heavy atom. The molecule has 21 heavy (non-hydrogen) atoms. The summed E-state index contributed by atoms with van der Waals surface area (Å²) in [5, 5.41) is 12.1. The van der Waals surface area contributed by atoms with E-state index in [0.29, 0.717) is 12.2 Å². The van der Waals surface area contributed by atoms with E-state index in [9.17, 15) is 0 Å². The van der Waals surface area contributed by atoms with Gasteiger partial charge >= 0.3 is 0 Å². The Labute approximate surface area is 125 Å². The van der Waals surface area contributed by atoms with E-state index in [4.69, 9.17) is 10.00 Å². The van der Waals surface area contributed by atoms with Crippen molar-refractivity contribution in [2.75, 3.05) is 11.9 Å². The largest absolute Gasteiger partial charge is 0.487 e. The number of aryl methyl sites for hydroxylation is 2. The van der Waals surface area contributed by atoms with Crippen LogP contribution in [0.3, 0.4) is 0 Å². The van der Waals surface area contributed by atoms with Crippen molar-refractivity contribution in [3.63, 3.8) is 0 Å². The molecule has 0 radical (unpaired) electrons. The van der Waals surface area contributed by atoms with Gasteiger partial charge in [0.25, 0.3) is 0 Å². The monoisotopic (exact) mass is 281 g/mol. The highest BCUT2D eigenvalue weighted by atomic mass is 16.5. The van der Waals surface area contributed by atoms with Gasteiger partial charge in [0.05, 0.1) is 17.3 Å². The zero-order valence-electron chi connectivity index (χ0n) is 12.6. The van der Waals surface area contributed by atoms with Gasteiger partial charge < -0.3 is 10.1 Å². The first-order chi connectivity index (χ1) is 10.1. The van der Waals surface area contributed by atoms with Crippen LogP contribution in [0.1, 0.15) is 29.3 Å². The molecule has 0 saturated carbocycles. The molecule has 0 unspecified atom stereocenters. The molecule has 0 fully saturated rings. The van der Waals surface area contributed by atoms with Gasteiger partial charge in [0.2, 0.25) is 0 Å². The second-order valence-electron chi connectivity index (χ2n) is 4.88. The number of ether oxygens (including phenoxy) is 1. The molecule has 4 heteroatoms. The van der Waals surface area contributed by atoms with E-state index < -0.39 is 0 Å². The standard InChI is InChI=1S/C17H19N3O/c1-4-19-16-7-5-6-15(20-16)11-21-17-12(2)8-14(10-18)9-13(17)3/h5-9H,4,11H2,1-3H3,(H,19,20). The zero-order valence-corrected chi connectivity index (χ0v) is 12.6. The van der Waals surface area contributed by atoms with Crippen molar-refractivity contribution in [3.8, 4) is 11.8 Å². The lowest BCUT2D eigenvalue weighted by Gasteiger charge is -2.13. The normalized spacial score (nSPS) is 10.0. The first-order valence-electron chi connectivity index (χ1n) is 6.98. The van der Waals surface area contributed by atoms with E-state index in [2.05, 4.69) is 16.4 Å². The summed E-state index contributed by atoms with van der Waals surface area (Å²) in [7, 11) is 0. The molecule has 2 aromatic rings. The molecular weight excluding hydrogens is 262 g/mol. The van der Waals surface area contributed by atoms with Gasteiger partial charge in [0.1, 0.15) is 18.2 Å². The number of hydrogen-bond acceptors (Lipinski definition) is 4. The van der Waals surface area contributed by atoms with E-state index in [1.807, 2.05) is 51.1 Å². The van der Waals surface area contributed by atoms with Gasteiger partial charge in [0.15, 0.2) is 0 Å². The third-order valence-corrected chi connectivity index (χ3v) is 3.12. The van der Waals surface area contributed by atoms with Gasteiger partial charge in [-0.3, -0.25) is 0 Å². The summed E-state index contributed by atoms with van der Waals surface area (Å²) in [6.07, 6.45) is 0. The van der Waals surface area contributed by atoms with Crippen LogP contribution in [0, 0.1) is 25.2 Å². The maximum Gasteiger partial charge on any atom is 0.130 e. The van der Waals surface area contributed by atoms with Crippen molar-refractivity contribution in [1.82, 2.24) is 4.98 Å². The molecule has 108 valence electrons. The summed E-state index contributed by atoms with van der Waals surface area (Å²) in [6, 6.07) is 11.7. The molecule has 1 aromatic carbocycles. The molecule has 0 spiro atoms. The number of nitrogens with zero attached hydrogens (tertiary/aromatic N) is 2. The Hall–Kier alpha value is -2.54. The Balaban J connectivity index is 2.13. The number of nitrogens with one attached hydrogen (secondary N) is 1. The highest BCUT2D eigenvalue weighted by molar-refractivity contribution is 5.47. The molecule has 0 bridgehead atoms. The van der Waals surface area contributed by atoms with E-state index >= 15 is 0 Å². The molecule has 1 N–H and O–H groups in total. The van der Waals surface area contributed by atoms with Gasteiger partial charge in [-0.05, 0) is 56.2 Å². The lowest BCUT2D eigenvalue weighted by atomic mass is 10.1. The van der Waals surface area contributed by atoms with Crippen LogP contribution in [0.2, 0.25) is 0 Å². The summed E-state index contributed by atoms with van der Waals surface area (Å²) in [6.45, 7) is 7.18. The highest BCUT2D eigenvalue weighted by Gasteiger charge is 2.07. The number of anilines is 1. The Morgan fingerprint density at radius 3 is 2.57 bits per heavy atom. The molecule has 0 aliphatic heterocycles. The molecule has 0 aliphatic carbocycles. The topological polar surface area (TPSA) is 57.9 Å². The number of aromatic nitrogens is 1. The average Bonchev–Trinajstić information content (AvgIpc) is 2.47. The van der Waals surface area contributed by atoms with Crippen LogP contribution in [0.25, 0.3) is 0 Å². The molecule has 0 saturated heterocycles. The average molecular weight is 281 g/mol. The second-order valence-corrected chi connectivity index (χ2v) is 4.88. The zero-order chi connectivity index (χ0) is 15.2. The predicted octanol–water partition coefficient (Wildman–Crippen LogP) is 3.58. The van der Waals surface area contributed by atoms with E-state index in [1.54, 1.807) is 0 Å². The van der Waals surface area contributed by atoms with Crippen molar-refractivity contribution >= 4 is 5.82 Å². The summed E-state index contributed by atoms with van der Waals surface area (Å²) in [5.41, 5.74) is 3.46. The van der Waals surface area contributed by atoms with Crippen molar-refractivity contribution in [3.05, 3.63) is 52.7 Å². The third kappa shape index (κ3) is 3.73. The quantitative estimate of drug-likeness (QED) is 0.910. The first kappa shape index (κ1) is 14.9. The van der Waals surface area contributed by atoms with Gasteiger partial charge in [-0.25, -0.2) is 4.98 Å². The summed E-state index contributed by atoms with van der Waals surface area (Å²) in [4.78, 5) is 4.48. The van der Waals surface area contributed by atoms with E-state index in [0.717, 1.165) is 34.9 Å². The summed E-state index contributed by atoms with van der Waals surface area (Å²) < 4.78 is 5.89. The Morgan fingerprint density at radius 1 is 1.24 bits per heavy atom. The minimum absolute atomic E-state index is 0.410. The highest BCUT2D eigenvalue weighted by Crippen LogP contribution is 2.25. The molecule has 2 rings (SSSR count). The van der Waals surface area contributed by atoms with Crippen LogP contribution in [-0.2, 0) is 6.61 Å². The lowest BCUT2D eigenvalue weighted by molar-refractivity contribution is 0.297.